The van der Waals surface area contributed by atoms with Gasteiger partial charge in [-0.25, -0.2) is 4.79 Å². The van der Waals surface area contributed by atoms with Crippen molar-refractivity contribution in [3.05, 3.63) is 70.8 Å². The largest absolute Gasteiger partial charge is 0.478 e. The van der Waals surface area contributed by atoms with Crippen LogP contribution in [-0.2, 0) is 0 Å². The van der Waals surface area contributed by atoms with Gasteiger partial charge >= 0.3 is 5.97 Å². The molecule has 0 saturated carbocycles. The number of benzene rings is 2. The van der Waals surface area contributed by atoms with Gasteiger partial charge in [-0.1, -0.05) is 36.4 Å². The lowest BCUT2D eigenvalue weighted by Gasteiger charge is -2.19. The van der Waals surface area contributed by atoms with E-state index in [1.807, 2.05) is 25.2 Å². The summed E-state index contributed by atoms with van der Waals surface area (Å²) in [6.45, 7) is 2.06. The SMILES string of the molecule is CNC(c1cccc(C(=O)O)c1)c1ccccc1C. The highest BCUT2D eigenvalue weighted by Crippen LogP contribution is 2.25. The molecule has 2 aromatic rings. The van der Waals surface area contributed by atoms with Gasteiger partial charge in [0.1, 0.15) is 0 Å². The molecule has 0 aliphatic heterocycles. The molecule has 1 atom stereocenters. The number of hydrogen-bond acceptors (Lipinski definition) is 2. The number of carboxylic acids is 1. The van der Waals surface area contributed by atoms with Crippen LogP contribution in [0.1, 0.15) is 33.1 Å². The Kier molecular flexibility index (Phi) is 3.97. The van der Waals surface area contributed by atoms with Gasteiger partial charge in [0, 0.05) is 0 Å². The Morgan fingerprint density at radius 3 is 2.53 bits per heavy atom. The quantitative estimate of drug-likeness (QED) is 0.883. The van der Waals surface area contributed by atoms with Crippen molar-refractivity contribution in [2.75, 3.05) is 7.05 Å². The molecule has 3 nitrogen and oxygen atoms in total. The second kappa shape index (κ2) is 5.67. The Balaban J connectivity index is 2.45. The van der Waals surface area contributed by atoms with E-state index in [0.717, 1.165) is 11.1 Å². The molecule has 0 bridgehead atoms. The molecular formula is C16H17NO2. The lowest BCUT2D eigenvalue weighted by atomic mass is 9.94. The summed E-state index contributed by atoms with van der Waals surface area (Å²) < 4.78 is 0. The summed E-state index contributed by atoms with van der Waals surface area (Å²) in [7, 11) is 1.88. The third kappa shape index (κ3) is 2.83. The zero-order valence-corrected chi connectivity index (χ0v) is 11.1. The molecule has 0 aliphatic carbocycles. The molecule has 0 fully saturated rings. The highest BCUT2D eigenvalue weighted by molar-refractivity contribution is 5.87. The van der Waals surface area contributed by atoms with E-state index in [2.05, 4.69) is 24.4 Å². The number of aryl methyl sites for hydroxylation is 1. The molecule has 0 saturated heterocycles. The molecule has 2 N–H and O–H groups in total. The standard InChI is InChI=1S/C16H17NO2/c1-11-6-3-4-9-14(11)15(17-2)12-7-5-8-13(10-12)16(18)19/h3-10,15,17H,1-2H3,(H,18,19). The molecular weight excluding hydrogens is 238 g/mol. The average molecular weight is 255 g/mol. The normalized spacial score (nSPS) is 12.1. The molecule has 0 aliphatic rings. The summed E-state index contributed by atoms with van der Waals surface area (Å²) in [5.41, 5.74) is 3.61. The Labute approximate surface area is 112 Å². The molecule has 98 valence electrons. The summed E-state index contributed by atoms with van der Waals surface area (Å²) >= 11 is 0. The van der Waals surface area contributed by atoms with Gasteiger partial charge in [0.25, 0.3) is 0 Å². The van der Waals surface area contributed by atoms with E-state index in [9.17, 15) is 4.79 Å². The van der Waals surface area contributed by atoms with Gasteiger partial charge in [0.05, 0.1) is 11.6 Å². The minimum absolute atomic E-state index is 0.000463. The van der Waals surface area contributed by atoms with Gasteiger partial charge < -0.3 is 10.4 Å². The molecule has 0 amide bonds. The molecule has 19 heavy (non-hydrogen) atoms. The van der Waals surface area contributed by atoms with E-state index >= 15 is 0 Å². The number of nitrogens with one attached hydrogen (secondary N) is 1. The van der Waals surface area contributed by atoms with Crippen molar-refractivity contribution in [1.29, 1.82) is 0 Å². The van der Waals surface area contributed by atoms with Crippen LogP contribution in [0.4, 0.5) is 0 Å². The maximum absolute atomic E-state index is 11.0. The van der Waals surface area contributed by atoms with E-state index in [-0.39, 0.29) is 6.04 Å². The van der Waals surface area contributed by atoms with E-state index in [0.29, 0.717) is 5.56 Å². The van der Waals surface area contributed by atoms with Crippen molar-refractivity contribution in [3.63, 3.8) is 0 Å². The molecule has 0 spiro atoms. The van der Waals surface area contributed by atoms with Crippen LogP contribution in [0, 0.1) is 6.92 Å². The van der Waals surface area contributed by atoms with Crippen LogP contribution in [0.5, 0.6) is 0 Å². The zero-order valence-electron chi connectivity index (χ0n) is 11.1. The molecule has 2 aromatic carbocycles. The number of carbonyl (C=O) groups is 1. The molecule has 0 radical (unpaired) electrons. The van der Waals surface area contributed by atoms with E-state index in [1.54, 1.807) is 18.2 Å². The molecule has 0 aromatic heterocycles. The van der Waals surface area contributed by atoms with Crippen molar-refractivity contribution in [2.45, 2.75) is 13.0 Å². The Hall–Kier alpha value is -2.13. The molecule has 0 heterocycles. The maximum atomic E-state index is 11.0. The van der Waals surface area contributed by atoms with Crippen LogP contribution in [0.25, 0.3) is 0 Å². The van der Waals surface area contributed by atoms with Crippen molar-refractivity contribution in [2.24, 2.45) is 0 Å². The Morgan fingerprint density at radius 2 is 1.89 bits per heavy atom. The fourth-order valence-corrected chi connectivity index (χ4v) is 2.26. The summed E-state index contributed by atoms with van der Waals surface area (Å²) in [5, 5.41) is 12.3. The summed E-state index contributed by atoms with van der Waals surface area (Å²) in [4.78, 5) is 11.0. The van der Waals surface area contributed by atoms with Gasteiger partial charge in [-0.05, 0) is 42.8 Å². The summed E-state index contributed by atoms with van der Waals surface area (Å²) in [5.74, 6) is -0.901. The lowest BCUT2D eigenvalue weighted by Crippen LogP contribution is -2.19. The molecule has 3 heteroatoms. The molecule has 2 rings (SSSR count). The first-order valence-corrected chi connectivity index (χ1v) is 6.19. The number of rotatable bonds is 4. The lowest BCUT2D eigenvalue weighted by molar-refractivity contribution is 0.0696. The summed E-state index contributed by atoms with van der Waals surface area (Å²) in [6.07, 6.45) is 0. The maximum Gasteiger partial charge on any atom is 0.335 e. The zero-order chi connectivity index (χ0) is 13.8. The molecule has 1 unspecified atom stereocenters. The smallest absolute Gasteiger partial charge is 0.335 e. The minimum atomic E-state index is -0.901. The van der Waals surface area contributed by atoms with E-state index in [1.165, 1.54) is 5.56 Å². The number of hydrogen-bond donors (Lipinski definition) is 2. The van der Waals surface area contributed by atoms with Gasteiger partial charge in [-0.3, -0.25) is 0 Å². The predicted octanol–water partition coefficient (Wildman–Crippen LogP) is 3.00. The Morgan fingerprint density at radius 1 is 1.16 bits per heavy atom. The third-order valence-corrected chi connectivity index (χ3v) is 3.26. The van der Waals surface area contributed by atoms with Gasteiger partial charge in [-0.2, -0.15) is 0 Å². The fourth-order valence-electron chi connectivity index (χ4n) is 2.26. The second-order valence-electron chi connectivity index (χ2n) is 4.51. The predicted molar refractivity (Wildman–Crippen MR) is 75.5 cm³/mol. The van der Waals surface area contributed by atoms with Crippen molar-refractivity contribution in [1.82, 2.24) is 5.32 Å². The second-order valence-corrected chi connectivity index (χ2v) is 4.51. The highest BCUT2D eigenvalue weighted by Gasteiger charge is 2.15. The fraction of sp³-hybridized carbons (Fsp3) is 0.188. The highest BCUT2D eigenvalue weighted by atomic mass is 16.4. The number of carboxylic acid groups (broad SMARTS) is 1. The van der Waals surface area contributed by atoms with Crippen LogP contribution >= 0.6 is 0 Å². The first-order valence-electron chi connectivity index (χ1n) is 6.19. The minimum Gasteiger partial charge on any atom is -0.478 e. The van der Waals surface area contributed by atoms with Crippen LogP contribution in [0.3, 0.4) is 0 Å². The first-order chi connectivity index (χ1) is 9.13. The number of aromatic carboxylic acids is 1. The van der Waals surface area contributed by atoms with E-state index < -0.39 is 5.97 Å². The van der Waals surface area contributed by atoms with Crippen LogP contribution in [-0.4, -0.2) is 18.1 Å². The van der Waals surface area contributed by atoms with Crippen molar-refractivity contribution >= 4 is 5.97 Å². The van der Waals surface area contributed by atoms with Gasteiger partial charge in [-0.15, -0.1) is 0 Å². The van der Waals surface area contributed by atoms with Crippen LogP contribution in [0.15, 0.2) is 48.5 Å². The van der Waals surface area contributed by atoms with Crippen molar-refractivity contribution < 1.29 is 9.90 Å². The van der Waals surface area contributed by atoms with Gasteiger partial charge in [0.2, 0.25) is 0 Å². The van der Waals surface area contributed by atoms with Crippen molar-refractivity contribution in [3.8, 4) is 0 Å². The van der Waals surface area contributed by atoms with Crippen LogP contribution < -0.4 is 5.32 Å². The van der Waals surface area contributed by atoms with E-state index in [4.69, 9.17) is 5.11 Å². The monoisotopic (exact) mass is 255 g/mol. The first kappa shape index (κ1) is 13.3. The summed E-state index contributed by atoms with van der Waals surface area (Å²) in [6, 6.07) is 15.2. The Bertz CT molecular complexity index is 593. The topological polar surface area (TPSA) is 49.3 Å². The van der Waals surface area contributed by atoms with Gasteiger partial charge in [0.15, 0.2) is 0 Å². The average Bonchev–Trinajstić information content (AvgIpc) is 2.42. The van der Waals surface area contributed by atoms with Crippen LogP contribution in [0.2, 0.25) is 0 Å². The third-order valence-electron chi connectivity index (χ3n) is 3.26.